The number of hydrogen-bond acceptors (Lipinski definition) is 8. The van der Waals surface area contributed by atoms with Crippen LogP contribution in [0.2, 0.25) is 0 Å². The first kappa shape index (κ1) is 31.0. The van der Waals surface area contributed by atoms with Crippen LogP contribution in [0.5, 0.6) is 0 Å². The molecule has 0 bridgehead atoms. The molecule has 4 atom stereocenters. The zero-order chi connectivity index (χ0) is 28.0. The van der Waals surface area contributed by atoms with Crippen molar-refractivity contribution in [2.45, 2.75) is 62.7 Å². The van der Waals surface area contributed by atoms with Crippen molar-refractivity contribution in [1.29, 1.82) is 0 Å². The number of amides is 3. The van der Waals surface area contributed by atoms with Gasteiger partial charge in [-0.25, -0.2) is 4.79 Å². The van der Waals surface area contributed by atoms with Crippen LogP contribution in [0.15, 0.2) is 30.3 Å². The first-order valence-electron chi connectivity index (χ1n) is 11.5. The molecule has 0 aliphatic heterocycles. The number of unbranched alkanes of at least 4 members (excludes halogenated alkanes) is 1. The molecular weight excluding hydrogens is 490 g/mol. The third kappa shape index (κ3) is 12.0. The average molecular weight is 524 g/mol. The summed E-state index contributed by atoms with van der Waals surface area (Å²) in [4.78, 5) is 71.9. The highest BCUT2D eigenvalue weighted by Gasteiger charge is 2.31. The predicted molar refractivity (Wildman–Crippen MR) is 129 cm³/mol. The lowest BCUT2D eigenvalue weighted by atomic mass is 10.0. The molecule has 14 heteroatoms. The van der Waals surface area contributed by atoms with Gasteiger partial charge < -0.3 is 42.7 Å². The second-order valence-electron chi connectivity index (χ2n) is 8.30. The standard InChI is InChI=1S/C23H33N5O9/c24-9-5-4-8-15(26-20(33)14(25)11-18(29)30)21(34)27-16(12-19(31)32)22(35)28-17(23(36)37)10-13-6-2-1-3-7-13/h1-3,6-7,14-17H,4-5,8-12,24-25H2,(H,26,33)(H,27,34)(H,28,35)(H,29,30)(H,31,32)(H,36,37). The summed E-state index contributed by atoms with van der Waals surface area (Å²) >= 11 is 0. The number of nitrogens with one attached hydrogen (secondary N) is 3. The number of hydrogen-bond donors (Lipinski definition) is 8. The first-order chi connectivity index (χ1) is 17.4. The third-order valence-corrected chi connectivity index (χ3v) is 5.22. The highest BCUT2D eigenvalue weighted by Crippen LogP contribution is 2.07. The van der Waals surface area contributed by atoms with Gasteiger partial charge in [-0.1, -0.05) is 30.3 Å². The van der Waals surface area contributed by atoms with Crippen molar-refractivity contribution in [3.63, 3.8) is 0 Å². The molecule has 0 saturated heterocycles. The van der Waals surface area contributed by atoms with E-state index in [1.54, 1.807) is 30.3 Å². The van der Waals surface area contributed by atoms with Crippen LogP contribution >= 0.6 is 0 Å². The second kappa shape index (κ2) is 15.9. The van der Waals surface area contributed by atoms with Crippen LogP contribution in [0.3, 0.4) is 0 Å². The van der Waals surface area contributed by atoms with E-state index in [0.29, 0.717) is 24.9 Å². The summed E-state index contributed by atoms with van der Waals surface area (Å²) in [7, 11) is 0. The lowest BCUT2D eigenvalue weighted by Gasteiger charge is -2.24. The number of carboxylic acid groups (broad SMARTS) is 3. The third-order valence-electron chi connectivity index (χ3n) is 5.22. The summed E-state index contributed by atoms with van der Waals surface area (Å²) in [5.41, 5.74) is 11.6. The Morgan fingerprint density at radius 3 is 1.81 bits per heavy atom. The van der Waals surface area contributed by atoms with Crippen molar-refractivity contribution in [3.05, 3.63) is 35.9 Å². The molecule has 0 aliphatic carbocycles. The molecule has 0 aromatic heterocycles. The van der Waals surface area contributed by atoms with E-state index in [1.165, 1.54) is 0 Å². The lowest BCUT2D eigenvalue weighted by molar-refractivity contribution is -0.143. The number of carbonyl (C=O) groups is 6. The van der Waals surface area contributed by atoms with Crippen molar-refractivity contribution < 1.29 is 44.1 Å². The van der Waals surface area contributed by atoms with Gasteiger partial charge in [-0.3, -0.25) is 24.0 Å². The summed E-state index contributed by atoms with van der Waals surface area (Å²) in [5, 5.41) is 34.4. The van der Waals surface area contributed by atoms with Gasteiger partial charge in [-0.2, -0.15) is 0 Å². The molecule has 0 saturated carbocycles. The van der Waals surface area contributed by atoms with Gasteiger partial charge in [-0.15, -0.1) is 0 Å². The smallest absolute Gasteiger partial charge is 0.326 e. The Morgan fingerprint density at radius 1 is 0.730 bits per heavy atom. The minimum absolute atomic E-state index is 0.0434. The Kier molecular flexibility index (Phi) is 13.3. The van der Waals surface area contributed by atoms with Gasteiger partial charge >= 0.3 is 17.9 Å². The summed E-state index contributed by atoms with van der Waals surface area (Å²) in [6.45, 7) is 0.294. The zero-order valence-corrected chi connectivity index (χ0v) is 20.1. The van der Waals surface area contributed by atoms with Crippen LogP contribution < -0.4 is 27.4 Å². The fourth-order valence-corrected chi connectivity index (χ4v) is 3.30. The number of aliphatic carboxylic acids is 3. The maximum atomic E-state index is 12.9. The van der Waals surface area contributed by atoms with E-state index in [-0.39, 0.29) is 12.8 Å². The Balaban J connectivity index is 3.01. The molecule has 1 aromatic rings. The summed E-state index contributed by atoms with van der Waals surface area (Å²) in [5.74, 6) is -7.03. The van der Waals surface area contributed by atoms with Gasteiger partial charge in [0, 0.05) is 6.42 Å². The van der Waals surface area contributed by atoms with Crippen molar-refractivity contribution in [1.82, 2.24) is 16.0 Å². The molecule has 0 radical (unpaired) electrons. The number of carbonyl (C=O) groups excluding carboxylic acids is 3. The number of benzene rings is 1. The molecule has 37 heavy (non-hydrogen) atoms. The largest absolute Gasteiger partial charge is 0.481 e. The van der Waals surface area contributed by atoms with Crippen molar-refractivity contribution in [2.24, 2.45) is 11.5 Å². The monoisotopic (exact) mass is 523 g/mol. The van der Waals surface area contributed by atoms with Gasteiger partial charge in [0.1, 0.15) is 18.1 Å². The molecule has 1 rings (SSSR count). The van der Waals surface area contributed by atoms with Crippen molar-refractivity contribution in [3.8, 4) is 0 Å². The normalized spacial score (nSPS) is 13.9. The van der Waals surface area contributed by atoms with Gasteiger partial charge in [0.2, 0.25) is 17.7 Å². The highest BCUT2D eigenvalue weighted by atomic mass is 16.4. The number of rotatable bonds is 17. The van der Waals surface area contributed by atoms with E-state index in [0.717, 1.165) is 0 Å². The van der Waals surface area contributed by atoms with Crippen LogP contribution in [0, 0.1) is 0 Å². The summed E-state index contributed by atoms with van der Waals surface area (Å²) in [6.07, 6.45) is -0.741. The summed E-state index contributed by atoms with van der Waals surface area (Å²) < 4.78 is 0. The molecule has 1 aromatic carbocycles. The van der Waals surface area contributed by atoms with Crippen LogP contribution in [-0.2, 0) is 35.2 Å². The summed E-state index contributed by atoms with van der Waals surface area (Å²) in [6, 6.07) is 2.62. The van der Waals surface area contributed by atoms with Gasteiger partial charge in [0.15, 0.2) is 0 Å². The molecule has 204 valence electrons. The molecule has 4 unspecified atom stereocenters. The van der Waals surface area contributed by atoms with Gasteiger partial charge in [-0.05, 0) is 31.4 Å². The van der Waals surface area contributed by atoms with Crippen LogP contribution in [0.1, 0.15) is 37.7 Å². The number of nitrogens with two attached hydrogens (primary N) is 2. The Hall–Kier alpha value is -4.04. The van der Waals surface area contributed by atoms with E-state index in [1.807, 2.05) is 0 Å². The molecule has 0 heterocycles. The van der Waals surface area contributed by atoms with Crippen LogP contribution in [-0.4, -0.2) is 81.7 Å². The van der Waals surface area contributed by atoms with Crippen LogP contribution in [0.25, 0.3) is 0 Å². The number of carboxylic acids is 3. The zero-order valence-electron chi connectivity index (χ0n) is 20.1. The Labute approximate surface area is 212 Å². The molecular formula is C23H33N5O9. The molecule has 10 N–H and O–H groups in total. The van der Waals surface area contributed by atoms with E-state index in [9.17, 15) is 39.0 Å². The van der Waals surface area contributed by atoms with E-state index in [2.05, 4.69) is 16.0 Å². The fourth-order valence-electron chi connectivity index (χ4n) is 3.30. The van der Waals surface area contributed by atoms with Crippen molar-refractivity contribution >= 4 is 35.6 Å². The molecule has 3 amide bonds. The maximum absolute atomic E-state index is 12.9. The van der Waals surface area contributed by atoms with E-state index in [4.69, 9.17) is 16.6 Å². The second-order valence-corrected chi connectivity index (χ2v) is 8.30. The molecule has 0 fully saturated rings. The minimum Gasteiger partial charge on any atom is -0.481 e. The SMILES string of the molecule is NCCCCC(NC(=O)C(N)CC(=O)O)C(=O)NC(CC(=O)O)C(=O)NC(Cc1ccccc1)C(=O)O. The van der Waals surface area contributed by atoms with E-state index >= 15 is 0 Å². The minimum atomic E-state index is -1.66. The Bertz CT molecular complexity index is 957. The van der Waals surface area contributed by atoms with Gasteiger partial charge in [0.25, 0.3) is 0 Å². The molecule has 0 spiro atoms. The van der Waals surface area contributed by atoms with Crippen LogP contribution in [0.4, 0.5) is 0 Å². The Morgan fingerprint density at radius 2 is 1.27 bits per heavy atom. The lowest BCUT2D eigenvalue weighted by Crippen LogP contribution is -2.57. The predicted octanol–water partition coefficient (Wildman–Crippen LogP) is -1.83. The molecule has 0 aliphatic rings. The van der Waals surface area contributed by atoms with Gasteiger partial charge in [0.05, 0.1) is 18.9 Å². The highest BCUT2D eigenvalue weighted by molar-refractivity contribution is 5.96. The first-order valence-corrected chi connectivity index (χ1v) is 11.5. The topological polar surface area (TPSA) is 251 Å². The van der Waals surface area contributed by atoms with E-state index < -0.39 is 72.6 Å². The maximum Gasteiger partial charge on any atom is 0.326 e. The molecule has 14 nitrogen and oxygen atoms in total. The quantitative estimate of drug-likeness (QED) is 0.105. The average Bonchev–Trinajstić information content (AvgIpc) is 2.82. The fraction of sp³-hybridized carbons (Fsp3) is 0.478. The van der Waals surface area contributed by atoms with Crippen molar-refractivity contribution in [2.75, 3.05) is 6.54 Å².